The summed E-state index contributed by atoms with van der Waals surface area (Å²) in [5.74, 6) is -2.15. The maximum absolute atomic E-state index is 11.8. The zero-order valence-corrected chi connectivity index (χ0v) is 17.5. The fourth-order valence-electron chi connectivity index (χ4n) is 3.20. The number of aliphatic hydroxyl groups excluding tert-OH is 7. The third-order valence-corrected chi connectivity index (χ3v) is 5.18. The number of ether oxygens (including phenoxy) is 4. The number of nitrogens with two attached hydrogens (primary N) is 1. The second kappa shape index (κ2) is 12.8. The van der Waals surface area contributed by atoms with Crippen molar-refractivity contribution in [2.75, 3.05) is 13.2 Å². The lowest BCUT2D eigenvalue weighted by atomic mass is 9.97. The molecule has 2 fully saturated rings. The number of hydrogen-bond donors (Lipinski definition) is 10. The highest BCUT2D eigenvalue weighted by atomic mass is 16.7. The number of carbonyl (C=O) groups is 2. The summed E-state index contributed by atoms with van der Waals surface area (Å²) in [6.45, 7) is -1.36. The molecule has 0 unspecified atom stereocenters. The van der Waals surface area contributed by atoms with Crippen LogP contribution in [0.1, 0.15) is 12.8 Å². The van der Waals surface area contributed by atoms with Gasteiger partial charge in [-0.25, -0.2) is 0 Å². The minimum atomic E-state index is -1.85. The Bertz CT molecular complexity index is 639. The Morgan fingerprint density at radius 3 is 2.12 bits per heavy atom. The summed E-state index contributed by atoms with van der Waals surface area (Å²) < 4.78 is 20.5. The quantitative estimate of drug-likeness (QED) is 0.135. The van der Waals surface area contributed by atoms with E-state index in [4.69, 9.17) is 29.8 Å². The molecule has 0 aromatic carbocycles. The number of aliphatic carboxylic acids is 1. The lowest BCUT2D eigenvalue weighted by Crippen LogP contribution is -2.64. The van der Waals surface area contributed by atoms with Crippen LogP contribution in [0, 0.1) is 0 Å². The Kier molecular flexibility index (Phi) is 11.4. The van der Waals surface area contributed by atoms with Gasteiger partial charge in [-0.05, 0) is 6.42 Å². The molecule has 2 heterocycles. The van der Waals surface area contributed by atoms with Crippen molar-refractivity contribution in [1.82, 2.24) is 6.15 Å². The molecule has 0 bridgehead atoms. The highest BCUT2D eigenvalue weighted by Crippen LogP contribution is 2.28. The monoisotopic (exact) mass is 488 g/mol. The molecule has 13 N–H and O–H groups in total. The van der Waals surface area contributed by atoms with Gasteiger partial charge in [0, 0.05) is 6.42 Å². The van der Waals surface area contributed by atoms with Crippen molar-refractivity contribution in [2.24, 2.45) is 5.73 Å². The molecule has 0 aromatic heterocycles. The van der Waals surface area contributed by atoms with E-state index in [1.165, 1.54) is 0 Å². The van der Waals surface area contributed by atoms with Gasteiger partial charge in [0.1, 0.15) is 61.5 Å². The Hall–Kier alpha value is -1.54. The largest absolute Gasteiger partial charge is 0.480 e. The van der Waals surface area contributed by atoms with Crippen molar-refractivity contribution in [3.8, 4) is 0 Å². The van der Waals surface area contributed by atoms with E-state index < -0.39 is 92.6 Å². The fraction of sp³-hybridized carbons (Fsp3) is 0.882. The highest BCUT2D eigenvalue weighted by molar-refractivity contribution is 5.75. The first kappa shape index (κ1) is 29.5. The topological polar surface area (TPSA) is 294 Å². The summed E-state index contributed by atoms with van der Waals surface area (Å²) in [5, 5.41) is 77.9. The van der Waals surface area contributed by atoms with E-state index in [1.807, 2.05) is 0 Å². The molecule has 33 heavy (non-hydrogen) atoms. The van der Waals surface area contributed by atoms with E-state index in [0.717, 1.165) is 0 Å². The number of rotatable bonds is 9. The number of carboxylic acid groups (broad SMARTS) is 1. The molecule has 2 aliphatic heterocycles. The minimum Gasteiger partial charge on any atom is -0.480 e. The number of esters is 1. The molecule has 16 heteroatoms. The van der Waals surface area contributed by atoms with Gasteiger partial charge in [-0.15, -0.1) is 0 Å². The first-order valence-corrected chi connectivity index (χ1v) is 9.77. The van der Waals surface area contributed by atoms with Crippen LogP contribution in [0.15, 0.2) is 0 Å². The molecule has 2 aliphatic rings. The summed E-state index contributed by atoms with van der Waals surface area (Å²) in [6, 6.07) is -1.27. The maximum Gasteiger partial charge on any atom is 0.320 e. The summed E-state index contributed by atoms with van der Waals surface area (Å²) in [4.78, 5) is 22.4. The number of carboxylic acids is 1. The molecular weight excluding hydrogens is 456 g/mol. The summed E-state index contributed by atoms with van der Waals surface area (Å²) in [5.41, 5.74) is 5.29. The molecular formula is C17H32N2O14. The molecule has 0 amide bonds. The van der Waals surface area contributed by atoms with Crippen molar-refractivity contribution in [2.45, 2.75) is 80.3 Å². The normalized spacial score (nSPS) is 39.9. The van der Waals surface area contributed by atoms with Gasteiger partial charge in [-0.3, -0.25) is 9.59 Å². The van der Waals surface area contributed by atoms with Crippen LogP contribution in [-0.2, 0) is 28.5 Å². The lowest BCUT2D eigenvalue weighted by Gasteiger charge is -2.45. The number of carbonyl (C=O) groups excluding carboxylic acids is 1. The molecule has 0 spiro atoms. The molecule has 16 nitrogen and oxygen atoms in total. The average molecular weight is 488 g/mol. The Labute approximate surface area is 187 Å². The van der Waals surface area contributed by atoms with Crippen LogP contribution in [0.2, 0.25) is 0 Å². The minimum absolute atomic E-state index is 0. The molecule has 2 saturated heterocycles. The van der Waals surface area contributed by atoms with Crippen molar-refractivity contribution < 1.29 is 69.4 Å². The highest BCUT2D eigenvalue weighted by Gasteiger charge is 2.50. The van der Waals surface area contributed by atoms with Gasteiger partial charge in [-0.2, -0.15) is 0 Å². The Balaban J connectivity index is 0.00000544. The predicted octanol–water partition coefficient (Wildman–Crippen LogP) is -5.49. The van der Waals surface area contributed by atoms with Crippen molar-refractivity contribution in [1.29, 1.82) is 0 Å². The van der Waals surface area contributed by atoms with Crippen LogP contribution < -0.4 is 11.9 Å². The first-order valence-electron chi connectivity index (χ1n) is 9.77. The zero-order valence-electron chi connectivity index (χ0n) is 17.5. The van der Waals surface area contributed by atoms with Gasteiger partial charge in [0.15, 0.2) is 12.6 Å². The summed E-state index contributed by atoms with van der Waals surface area (Å²) in [6.07, 6.45) is -17.3. The summed E-state index contributed by atoms with van der Waals surface area (Å²) in [7, 11) is 0. The fourth-order valence-corrected chi connectivity index (χ4v) is 3.20. The van der Waals surface area contributed by atoms with E-state index in [0.29, 0.717) is 0 Å². The Morgan fingerprint density at radius 1 is 0.909 bits per heavy atom. The SMILES string of the molecule is N.N[C@@H](CCC(=O)OC[C@H]1O[C@@H](O[C@H]2[C@H](O)[C@@H](O)[C@@H](O)O[C@@H]2CO)[C@H](O)[C@@H](O)[C@H]1O)C(=O)O. The predicted molar refractivity (Wildman–Crippen MR) is 102 cm³/mol. The van der Waals surface area contributed by atoms with Gasteiger partial charge in [-0.1, -0.05) is 0 Å². The van der Waals surface area contributed by atoms with E-state index in [1.54, 1.807) is 0 Å². The van der Waals surface area contributed by atoms with Crippen LogP contribution in [0.3, 0.4) is 0 Å². The van der Waals surface area contributed by atoms with Gasteiger partial charge < -0.3 is 71.7 Å². The van der Waals surface area contributed by atoms with E-state index in [2.05, 4.69) is 0 Å². The summed E-state index contributed by atoms with van der Waals surface area (Å²) >= 11 is 0. The Morgan fingerprint density at radius 2 is 1.55 bits per heavy atom. The van der Waals surface area contributed by atoms with Crippen molar-refractivity contribution in [3.05, 3.63) is 0 Å². The van der Waals surface area contributed by atoms with Gasteiger partial charge in [0.05, 0.1) is 6.61 Å². The van der Waals surface area contributed by atoms with E-state index >= 15 is 0 Å². The molecule has 0 radical (unpaired) electrons. The molecule has 0 aliphatic carbocycles. The zero-order chi connectivity index (χ0) is 24.2. The maximum atomic E-state index is 11.8. The van der Waals surface area contributed by atoms with Gasteiger partial charge in [0.25, 0.3) is 0 Å². The van der Waals surface area contributed by atoms with E-state index in [-0.39, 0.29) is 19.0 Å². The molecule has 194 valence electrons. The standard InChI is InChI=1S/C17H29NO14.H3N/c18-5(15(26)27)1-2-8(20)29-4-7-9(21)10(22)13(25)17(31-7)32-14-6(3-19)30-16(28)12(24)11(14)23;/h5-7,9-14,16-17,19,21-25,28H,1-4,18H2,(H,26,27);1H3/t5-,6+,7+,9-,10-,11+,12+,13+,14+,16-,17-;/m0./s1. The molecule has 0 saturated carbocycles. The van der Waals surface area contributed by atoms with Gasteiger partial charge >= 0.3 is 11.9 Å². The van der Waals surface area contributed by atoms with E-state index in [9.17, 15) is 45.3 Å². The van der Waals surface area contributed by atoms with Gasteiger partial charge in [0.2, 0.25) is 0 Å². The smallest absolute Gasteiger partial charge is 0.320 e. The second-order valence-electron chi connectivity index (χ2n) is 7.51. The average Bonchev–Trinajstić information content (AvgIpc) is 2.76. The van der Waals surface area contributed by atoms with Crippen molar-refractivity contribution >= 4 is 11.9 Å². The second-order valence-corrected chi connectivity index (χ2v) is 7.51. The van der Waals surface area contributed by atoms with Crippen molar-refractivity contribution in [3.63, 3.8) is 0 Å². The van der Waals surface area contributed by atoms with Crippen LogP contribution in [-0.4, -0.2) is 133 Å². The third-order valence-electron chi connectivity index (χ3n) is 5.18. The molecule has 11 atom stereocenters. The number of hydrogen-bond acceptors (Lipinski definition) is 15. The molecule has 0 aromatic rings. The van der Waals surface area contributed by atoms with Crippen LogP contribution in [0.4, 0.5) is 0 Å². The first-order chi connectivity index (χ1) is 15.0. The third kappa shape index (κ3) is 7.22. The van der Waals surface area contributed by atoms with Crippen LogP contribution >= 0.6 is 0 Å². The molecule has 2 rings (SSSR count). The number of aliphatic hydroxyl groups is 7. The van der Waals surface area contributed by atoms with Crippen LogP contribution in [0.5, 0.6) is 0 Å². The van der Waals surface area contributed by atoms with Crippen LogP contribution in [0.25, 0.3) is 0 Å². The lowest BCUT2D eigenvalue weighted by molar-refractivity contribution is -0.355.